The molecule has 1 heterocycles. The van der Waals surface area contributed by atoms with Gasteiger partial charge >= 0.3 is 6.09 Å². The van der Waals surface area contributed by atoms with Gasteiger partial charge in [0.15, 0.2) is 5.78 Å². The summed E-state index contributed by atoms with van der Waals surface area (Å²) in [6, 6.07) is 5.29. The van der Waals surface area contributed by atoms with E-state index in [0.717, 1.165) is 4.90 Å². The molecule has 1 aliphatic rings. The predicted octanol–water partition coefficient (Wildman–Crippen LogP) is 1.94. The second-order valence-corrected chi connectivity index (χ2v) is 4.75. The van der Waals surface area contributed by atoms with Gasteiger partial charge < -0.3 is 15.5 Å². The van der Waals surface area contributed by atoms with Gasteiger partial charge in [0.05, 0.1) is 18.7 Å². The maximum atomic E-state index is 12.8. The van der Waals surface area contributed by atoms with Crippen molar-refractivity contribution in [2.75, 3.05) is 18.4 Å². The van der Waals surface area contributed by atoms with Crippen molar-refractivity contribution in [2.24, 2.45) is 0 Å². The van der Waals surface area contributed by atoms with Crippen molar-refractivity contribution in [2.45, 2.75) is 0 Å². The van der Waals surface area contributed by atoms with Crippen molar-refractivity contribution >= 4 is 34.8 Å². The Morgan fingerprint density at radius 1 is 1.29 bits per heavy atom. The Kier molecular flexibility index (Phi) is 4.18. The largest absolute Gasteiger partial charge is 0.510 e. The average molecular weight is 310 g/mol. The topological polar surface area (TPSA) is 89.9 Å². The lowest BCUT2D eigenvalue weighted by Gasteiger charge is -2.25. The normalized spacial score (nSPS) is 15.1. The van der Waals surface area contributed by atoms with E-state index < -0.39 is 23.5 Å². The molecule has 110 valence electrons. The number of nitrogens with one attached hydrogen (secondary N) is 1. The molecule has 2 rings (SSSR count). The minimum absolute atomic E-state index is 0.0332. The molecular formula is C13H11FN2O4S. The minimum atomic E-state index is -1.30. The molecular weight excluding hydrogens is 299 g/mol. The smallest absolute Gasteiger partial charge is 0.408 e. The Bertz CT molecular complexity index is 642. The van der Waals surface area contributed by atoms with Crippen LogP contribution in [0.25, 0.3) is 0 Å². The van der Waals surface area contributed by atoms with Gasteiger partial charge in [-0.15, -0.1) is 0 Å². The number of aliphatic hydroxyl groups excluding tert-OH is 1. The Morgan fingerprint density at radius 3 is 2.43 bits per heavy atom. The van der Waals surface area contributed by atoms with E-state index in [9.17, 15) is 19.1 Å². The number of carbonyl (C=O) groups is 2. The summed E-state index contributed by atoms with van der Waals surface area (Å²) in [5, 5.41) is 21.3. The number of carboxylic acid groups (broad SMARTS) is 1. The van der Waals surface area contributed by atoms with Crippen molar-refractivity contribution < 1.29 is 24.2 Å². The monoisotopic (exact) mass is 310 g/mol. The van der Waals surface area contributed by atoms with E-state index >= 15 is 0 Å². The van der Waals surface area contributed by atoms with Gasteiger partial charge in [0, 0.05) is 5.69 Å². The lowest BCUT2D eigenvalue weighted by molar-refractivity contribution is -0.116. The Hall–Kier alpha value is -2.48. The van der Waals surface area contributed by atoms with Crippen LogP contribution in [0.4, 0.5) is 14.9 Å². The van der Waals surface area contributed by atoms with Crippen LogP contribution in [0.3, 0.4) is 0 Å². The maximum absolute atomic E-state index is 12.8. The van der Waals surface area contributed by atoms with Crippen LogP contribution in [-0.4, -0.2) is 45.1 Å². The number of rotatable bonds is 2. The van der Waals surface area contributed by atoms with Gasteiger partial charge in [-0.2, -0.15) is 0 Å². The quantitative estimate of drug-likeness (QED) is 0.723. The third-order valence-corrected chi connectivity index (χ3v) is 3.15. The van der Waals surface area contributed by atoms with Crippen molar-refractivity contribution in [3.05, 3.63) is 41.4 Å². The highest BCUT2D eigenvalue weighted by atomic mass is 32.1. The van der Waals surface area contributed by atoms with Gasteiger partial charge in [0.2, 0.25) is 0 Å². The fourth-order valence-corrected chi connectivity index (χ4v) is 2.20. The van der Waals surface area contributed by atoms with Crippen molar-refractivity contribution in [3.63, 3.8) is 0 Å². The van der Waals surface area contributed by atoms with Crippen molar-refractivity contribution in [1.82, 2.24) is 4.90 Å². The van der Waals surface area contributed by atoms with E-state index in [0.29, 0.717) is 5.69 Å². The Labute approximate surface area is 124 Å². The molecule has 6 nitrogen and oxygen atoms in total. The number of halogens is 1. The van der Waals surface area contributed by atoms with E-state index in [4.69, 9.17) is 17.3 Å². The maximum Gasteiger partial charge on any atom is 0.408 e. The molecule has 21 heavy (non-hydrogen) atoms. The number of amides is 1. The number of nitrogens with zero attached hydrogens (tertiary/aromatic N) is 1. The molecule has 0 spiro atoms. The molecule has 0 unspecified atom stereocenters. The number of thiocarbonyl (C=S) groups is 1. The molecule has 0 aromatic heterocycles. The fourth-order valence-electron chi connectivity index (χ4n) is 1.85. The summed E-state index contributed by atoms with van der Waals surface area (Å²) in [6.07, 6.45) is -1.30. The van der Waals surface area contributed by atoms with Crippen LogP contribution in [0.2, 0.25) is 0 Å². The molecule has 1 aromatic rings. The standard InChI is InChI=1S/C13H11FN2O4S/c14-7-1-3-8(4-2-7)15-12(21)11-9(17)5-16(13(19)20)6-10(11)18/h1-4,17H,5-6H2,(H,15,21)(H,19,20). The number of hydrogen-bond donors (Lipinski definition) is 3. The van der Waals surface area contributed by atoms with Gasteiger partial charge in [0.25, 0.3) is 0 Å². The zero-order valence-corrected chi connectivity index (χ0v) is 11.5. The second kappa shape index (κ2) is 5.88. The molecule has 1 aliphatic heterocycles. The molecule has 0 fully saturated rings. The summed E-state index contributed by atoms with van der Waals surface area (Å²) in [6.45, 7) is -0.679. The highest BCUT2D eigenvalue weighted by molar-refractivity contribution is 7.81. The molecule has 0 radical (unpaired) electrons. The first-order valence-electron chi connectivity index (χ1n) is 5.88. The van der Waals surface area contributed by atoms with E-state index in [1.807, 2.05) is 0 Å². The van der Waals surface area contributed by atoms with Crippen LogP contribution in [0.1, 0.15) is 0 Å². The first kappa shape index (κ1) is 14.9. The van der Waals surface area contributed by atoms with Crippen molar-refractivity contribution in [3.8, 4) is 0 Å². The fraction of sp³-hybridized carbons (Fsp3) is 0.154. The van der Waals surface area contributed by atoms with Gasteiger partial charge in [-0.3, -0.25) is 9.69 Å². The van der Waals surface area contributed by atoms with Crippen LogP contribution >= 0.6 is 12.2 Å². The predicted molar refractivity (Wildman–Crippen MR) is 76.9 cm³/mol. The molecule has 3 N–H and O–H groups in total. The Balaban J connectivity index is 2.18. The zero-order valence-electron chi connectivity index (χ0n) is 10.7. The van der Waals surface area contributed by atoms with Crippen LogP contribution in [0.15, 0.2) is 35.6 Å². The third-order valence-electron chi connectivity index (χ3n) is 2.84. The van der Waals surface area contributed by atoms with Crippen molar-refractivity contribution in [1.29, 1.82) is 0 Å². The van der Waals surface area contributed by atoms with Crippen LogP contribution in [0, 0.1) is 5.82 Å². The van der Waals surface area contributed by atoms with E-state index in [2.05, 4.69) is 5.32 Å². The number of benzene rings is 1. The minimum Gasteiger partial charge on any atom is -0.510 e. The summed E-state index contributed by atoms with van der Waals surface area (Å²) >= 11 is 5.04. The summed E-state index contributed by atoms with van der Waals surface area (Å²) in [5.41, 5.74) is 0.335. The molecule has 0 atom stereocenters. The first-order chi connectivity index (χ1) is 9.88. The number of hydrogen-bond acceptors (Lipinski definition) is 4. The first-order valence-corrected chi connectivity index (χ1v) is 6.29. The Morgan fingerprint density at radius 2 is 1.90 bits per heavy atom. The summed E-state index contributed by atoms with van der Waals surface area (Å²) in [4.78, 5) is 23.4. The number of aliphatic hydroxyl groups is 1. The SMILES string of the molecule is O=C1CN(C(=O)O)CC(O)=C1C(=S)Nc1ccc(F)cc1. The zero-order chi connectivity index (χ0) is 15.6. The molecule has 1 aromatic carbocycles. The van der Waals surface area contributed by atoms with Crippen LogP contribution in [0.5, 0.6) is 0 Å². The number of ketones is 1. The highest BCUT2D eigenvalue weighted by Gasteiger charge is 2.30. The highest BCUT2D eigenvalue weighted by Crippen LogP contribution is 2.17. The van der Waals surface area contributed by atoms with E-state index in [1.54, 1.807) is 0 Å². The summed E-state index contributed by atoms with van der Waals surface area (Å²) in [5.74, 6) is -1.42. The van der Waals surface area contributed by atoms with Gasteiger partial charge in [-0.25, -0.2) is 9.18 Å². The van der Waals surface area contributed by atoms with Gasteiger partial charge in [0.1, 0.15) is 16.6 Å². The number of anilines is 1. The van der Waals surface area contributed by atoms with Gasteiger partial charge in [-0.1, -0.05) is 12.2 Å². The molecule has 8 heteroatoms. The lowest BCUT2D eigenvalue weighted by atomic mass is 10.1. The molecule has 0 bridgehead atoms. The number of carbonyl (C=O) groups excluding carboxylic acids is 1. The van der Waals surface area contributed by atoms with Crippen LogP contribution in [-0.2, 0) is 4.79 Å². The summed E-state index contributed by atoms with van der Waals surface area (Å²) in [7, 11) is 0. The van der Waals surface area contributed by atoms with E-state index in [1.165, 1.54) is 24.3 Å². The molecule has 1 amide bonds. The third kappa shape index (κ3) is 3.34. The van der Waals surface area contributed by atoms with E-state index in [-0.39, 0.29) is 23.7 Å². The second-order valence-electron chi connectivity index (χ2n) is 4.34. The average Bonchev–Trinajstić information content (AvgIpc) is 2.40. The van der Waals surface area contributed by atoms with Gasteiger partial charge in [-0.05, 0) is 24.3 Å². The number of Topliss-reactive ketones (excluding diaryl/α,β-unsaturated/α-hetero) is 1. The molecule has 0 saturated heterocycles. The van der Waals surface area contributed by atoms with Crippen LogP contribution < -0.4 is 5.32 Å². The summed E-state index contributed by atoms with van der Waals surface area (Å²) < 4.78 is 12.8. The lowest BCUT2D eigenvalue weighted by Crippen LogP contribution is -2.43. The molecule has 0 aliphatic carbocycles. The molecule has 0 saturated carbocycles.